The number of fused-ring (bicyclic) bond motifs is 1. The van der Waals surface area contributed by atoms with Gasteiger partial charge in [-0.2, -0.15) is 0 Å². The maximum absolute atomic E-state index is 13.0. The van der Waals surface area contributed by atoms with Crippen molar-refractivity contribution in [1.29, 1.82) is 0 Å². The van der Waals surface area contributed by atoms with E-state index in [2.05, 4.69) is 33.5 Å². The number of hydrogen-bond donors (Lipinski definition) is 2. The molecule has 1 saturated heterocycles. The van der Waals surface area contributed by atoms with Crippen molar-refractivity contribution in [3.8, 4) is 0 Å². The third-order valence-corrected chi connectivity index (χ3v) is 6.42. The molecule has 6 nitrogen and oxygen atoms in total. The molecule has 1 aliphatic rings. The molecule has 1 unspecified atom stereocenters. The Labute approximate surface area is 194 Å². The molecule has 0 spiro atoms. The highest BCUT2D eigenvalue weighted by Gasteiger charge is 2.25. The van der Waals surface area contributed by atoms with Crippen LogP contribution in [0.1, 0.15) is 42.1 Å². The van der Waals surface area contributed by atoms with Crippen LogP contribution in [-0.2, 0) is 11.2 Å². The van der Waals surface area contributed by atoms with E-state index in [4.69, 9.17) is 4.98 Å². The molecule has 5 rings (SSSR count). The Balaban J connectivity index is 1.19. The fourth-order valence-electron chi connectivity index (χ4n) is 4.66. The number of para-hydroxylation sites is 1. The highest BCUT2D eigenvalue weighted by molar-refractivity contribution is 5.84. The zero-order chi connectivity index (χ0) is 22.6. The molecule has 1 amide bonds. The molecule has 1 aromatic carbocycles. The number of amides is 1. The first-order valence-electron chi connectivity index (χ1n) is 11.6. The van der Waals surface area contributed by atoms with E-state index in [1.54, 1.807) is 0 Å². The summed E-state index contributed by atoms with van der Waals surface area (Å²) >= 11 is 0. The largest absolute Gasteiger partial charge is 0.361 e. The number of rotatable bonds is 6. The van der Waals surface area contributed by atoms with Gasteiger partial charge in [0.05, 0.1) is 11.9 Å². The molecule has 1 atom stereocenters. The minimum atomic E-state index is 0.230. The molecule has 0 bridgehead atoms. The summed E-state index contributed by atoms with van der Waals surface area (Å²) in [6.07, 6.45) is 7.26. The van der Waals surface area contributed by atoms with E-state index < -0.39 is 0 Å². The maximum Gasteiger partial charge on any atom is 0.222 e. The number of aromatic nitrogens is 3. The molecule has 1 aliphatic heterocycles. The van der Waals surface area contributed by atoms with Crippen LogP contribution in [0.2, 0.25) is 0 Å². The van der Waals surface area contributed by atoms with Gasteiger partial charge in [0, 0.05) is 53.9 Å². The van der Waals surface area contributed by atoms with Crippen LogP contribution in [-0.4, -0.2) is 38.8 Å². The molecule has 1 fully saturated rings. The number of aryl methyl sites for hydroxylation is 2. The second-order valence-corrected chi connectivity index (χ2v) is 8.80. The van der Waals surface area contributed by atoms with E-state index in [1.165, 1.54) is 10.9 Å². The van der Waals surface area contributed by atoms with Gasteiger partial charge in [-0.05, 0) is 62.1 Å². The summed E-state index contributed by atoms with van der Waals surface area (Å²) in [5.41, 5.74) is 5.27. The van der Waals surface area contributed by atoms with E-state index in [0.717, 1.165) is 60.8 Å². The molecule has 2 N–H and O–H groups in total. The Morgan fingerprint density at radius 3 is 2.91 bits per heavy atom. The number of hydrogen-bond acceptors (Lipinski definition) is 4. The van der Waals surface area contributed by atoms with E-state index >= 15 is 0 Å². The van der Waals surface area contributed by atoms with Gasteiger partial charge in [-0.25, -0.2) is 4.98 Å². The third-order valence-electron chi connectivity index (χ3n) is 6.42. The van der Waals surface area contributed by atoms with Crippen molar-refractivity contribution in [2.45, 2.75) is 38.5 Å². The van der Waals surface area contributed by atoms with Gasteiger partial charge in [0.2, 0.25) is 5.91 Å². The summed E-state index contributed by atoms with van der Waals surface area (Å²) in [6.45, 7) is 3.55. The number of anilines is 2. The first kappa shape index (κ1) is 21.2. The molecule has 0 saturated carbocycles. The number of likely N-dealkylation sites (tertiary alicyclic amines) is 1. The Morgan fingerprint density at radius 1 is 1.15 bits per heavy atom. The zero-order valence-electron chi connectivity index (χ0n) is 18.9. The lowest BCUT2D eigenvalue weighted by molar-refractivity contribution is -0.132. The highest BCUT2D eigenvalue weighted by atomic mass is 16.2. The Hall–Kier alpha value is -3.67. The van der Waals surface area contributed by atoms with Crippen LogP contribution in [0.25, 0.3) is 10.9 Å². The smallest absolute Gasteiger partial charge is 0.222 e. The predicted octanol–water partition coefficient (Wildman–Crippen LogP) is 5.35. The van der Waals surface area contributed by atoms with E-state index in [-0.39, 0.29) is 11.8 Å². The topological polar surface area (TPSA) is 73.9 Å². The Kier molecular flexibility index (Phi) is 6.07. The van der Waals surface area contributed by atoms with Gasteiger partial charge >= 0.3 is 0 Å². The quantitative estimate of drug-likeness (QED) is 0.425. The normalized spacial score (nSPS) is 16.2. The molecule has 168 valence electrons. The molecule has 4 heterocycles. The molecule has 0 aliphatic carbocycles. The van der Waals surface area contributed by atoms with Crippen molar-refractivity contribution in [2.24, 2.45) is 0 Å². The lowest BCUT2D eigenvalue weighted by Crippen LogP contribution is -2.39. The number of carbonyl (C=O) groups excluding carboxylic acids is 1. The number of nitrogens with zero attached hydrogens (tertiary/aromatic N) is 3. The molecular formula is C27H29N5O. The fourth-order valence-corrected chi connectivity index (χ4v) is 4.66. The van der Waals surface area contributed by atoms with Crippen LogP contribution < -0.4 is 5.32 Å². The SMILES string of the molecule is Cc1cccc(Nc2ccc(C3CCCN(C(=O)CCc4c[nH]c5ccccc45)C3)nc2)n1. The predicted molar refractivity (Wildman–Crippen MR) is 132 cm³/mol. The van der Waals surface area contributed by atoms with E-state index in [0.29, 0.717) is 6.42 Å². The standard InChI is InChI=1S/C27H29N5O/c1-19-6-4-10-26(30-19)31-22-12-13-24(29-17-22)21-7-5-15-32(18-21)27(33)14-11-20-16-28-25-9-3-2-8-23(20)25/h2-4,6,8-10,12-13,16-17,21,28H,5,7,11,14-15,18H2,1H3,(H,30,31). The zero-order valence-corrected chi connectivity index (χ0v) is 18.9. The highest BCUT2D eigenvalue weighted by Crippen LogP contribution is 2.27. The van der Waals surface area contributed by atoms with Crippen molar-refractivity contribution in [2.75, 3.05) is 18.4 Å². The van der Waals surface area contributed by atoms with Crippen LogP contribution >= 0.6 is 0 Å². The van der Waals surface area contributed by atoms with Crippen LogP contribution in [0.15, 0.2) is 67.0 Å². The van der Waals surface area contributed by atoms with Gasteiger partial charge in [0.1, 0.15) is 5.82 Å². The maximum atomic E-state index is 13.0. The molecule has 0 radical (unpaired) electrons. The lowest BCUT2D eigenvalue weighted by Gasteiger charge is -2.32. The second kappa shape index (κ2) is 9.45. The van der Waals surface area contributed by atoms with Crippen LogP contribution in [0.4, 0.5) is 11.5 Å². The summed E-state index contributed by atoms with van der Waals surface area (Å²) in [5.74, 6) is 1.32. The Morgan fingerprint density at radius 2 is 2.06 bits per heavy atom. The van der Waals surface area contributed by atoms with Gasteiger partial charge in [0.15, 0.2) is 0 Å². The molecular weight excluding hydrogens is 410 g/mol. The summed E-state index contributed by atoms with van der Waals surface area (Å²) < 4.78 is 0. The number of piperidine rings is 1. The van der Waals surface area contributed by atoms with Gasteiger partial charge < -0.3 is 15.2 Å². The number of benzene rings is 1. The van der Waals surface area contributed by atoms with Crippen molar-refractivity contribution in [3.63, 3.8) is 0 Å². The molecule has 3 aromatic heterocycles. The molecule has 4 aromatic rings. The second-order valence-electron chi connectivity index (χ2n) is 8.80. The van der Waals surface area contributed by atoms with Gasteiger partial charge in [0.25, 0.3) is 0 Å². The first-order chi connectivity index (χ1) is 16.2. The minimum absolute atomic E-state index is 0.230. The van der Waals surface area contributed by atoms with Crippen molar-refractivity contribution in [3.05, 3.63) is 83.9 Å². The third kappa shape index (κ3) is 4.90. The van der Waals surface area contributed by atoms with Gasteiger partial charge in [-0.15, -0.1) is 0 Å². The van der Waals surface area contributed by atoms with Crippen molar-refractivity contribution >= 4 is 28.3 Å². The summed E-state index contributed by atoms with van der Waals surface area (Å²) in [4.78, 5) is 27.5. The average Bonchev–Trinajstić information content (AvgIpc) is 3.26. The van der Waals surface area contributed by atoms with Crippen LogP contribution in [0.5, 0.6) is 0 Å². The van der Waals surface area contributed by atoms with E-state index in [9.17, 15) is 4.79 Å². The number of nitrogens with one attached hydrogen (secondary N) is 2. The van der Waals surface area contributed by atoms with Crippen LogP contribution in [0, 0.1) is 6.92 Å². The number of H-pyrrole nitrogens is 1. The first-order valence-corrected chi connectivity index (χ1v) is 11.6. The monoisotopic (exact) mass is 439 g/mol. The lowest BCUT2D eigenvalue weighted by atomic mass is 9.93. The van der Waals surface area contributed by atoms with E-state index in [1.807, 2.05) is 60.6 Å². The summed E-state index contributed by atoms with van der Waals surface area (Å²) in [6, 6.07) is 18.3. The van der Waals surface area contributed by atoms with Gasteiger partial charge in [-0.3, -0.25) is 9.78 Å². The summed E-state index contributed by atoms with van der Waals surface area (Å²) in [5, 5.41) is 4.51. The van der Waals surface area contributed by atoms with Gasteiger partial charge in [-0.1, -0.05) is 24.3 Å². The summed E-state index contributed by atoms with van der Waals surface area (Å²) in [7, 11) is 0. The fraction of sp³-hybridized carbons (Fsp3) is 0.296. The Bertz CT molecular complexity index is 1250. The average molecular weight is 440 g/mol. The number of carbonyl (C=O) groups is 1. The van der Waals surface area contributed by atoms with Crippen LogP contribution in [0.3, 0.4) is 0 Å². The van der Waals surface area contributed by atoms with Crippen molar-refractivity contribution in [1.82, 2.24) is 19.9 Å². The molecule has 33 heavy (non-hydrogen) atoms. The minimum Gasteiger partial charge on any atom is -0.361 e. The number of aromatic amines is 1. The number of pyridine rings is 2. The van der Waals surface area contributed by atoms with Crippen molar-refractivity contribution < 1.29 is 4.79 Å². The molecule has 6 heteroatoms.